The average Bonchev–Trinajstić information content (AvgIpc) is 3.52. The van der Waals surface area contributed by atoms with E-state index in [1.54, 1.807) is 44.8 Å². The first kappa shape index (κ1) is 43.2. The van der Waals surface area contributed by atoms with Gasteiger partial charge in [-0.25, -0.2) is 9.97 Å². The van der Waals surface area contributed by atoms with Crippen LogP contribution in [0.2, 0.25) is 5.02 Å². The summed E-state index contributed by atoms with van der Waals surface area (Å²) in [7, 11) is -0.816. The van der Waals surface area contributed by atoms with Crippen molar-refractivity contribution in [2.45, 2.75) is 63.5 Å². The van der Waals surface area contributed by atoms with E-state index in [1.165, 1.54) is 0 Å². The van der Waals surface area contributed by atoms with E-state index >= 15 is 0 Å². The second-order valence-electron chi connectivity index (χ2n) is 16.8. The maximum atomic E-state index is 13.5. The van der Waals surface area contributed by atoms with Gasteiger partial charge in [-0.3, -0.25) is 39.1 Å². The number of carbonyl (C=O) groups is 5. The molecule has 62 heavy (non-hydrogen) atoms. The highest BCUT2D eigenvalue weighted by Gasteiger charge is 2.45. The van der Waals surface area contributed by atoms with Gasteiger partial charge in [0, 0.05) is 99.8 Å². The van der Waals surface area contributed by atoms with Crippen molar-refractivity contribution in [3.63, 3.8) is 0 Å². The fraction of sp³-hybridized carbons (Fsp3) is 0.413. The highest BCUT2D eigenvalue weighted by molar-refractivity contribution is 7.70. The molecule has 5 heterocycles. The van der Waals surface area contributed by atoms with Crippen LogP contribution >= 0.6 is 18.7 Å². The topological polar surface area (TPSA) is 162 Å². The lowest BCUT2D eigenvalue weighted by Crippen LogP contribution is -2.54. The highest BCUT2D eigenvalue weighted by Crippen LogP contribution is 2.37. The molecule has 4 aromatic rings. The third kappa shape index (κ3) is 9.05. The predicted octanol–water partition coefficient (Wildman–Crippen LogP) is 4.72. The lowest BCUT2D eigenvalue weighted by molar-refractivity contribution is -0.136. The Labute approximate surface area is 366 Å². The van der Waals surface area contributed by atoms with Crippen LogP contribution in [-0.2, 0) is 38.2 Å². The van der Waals surface area contributed by atoms with E-state index in [0.29, 0.717) is 60.5 Å². The maximum Gasteiger partial charge on any atom is 0.262 e. The molecule has 1 aromatic heterocycles. The summed E-state index contributed by atoms with van der Waals surface area (Å²) >= 11 is 6.56. The van der Waals surface area contributed by atoms with E-state index in [0.717, 1.165) is 71.8 Å². The molecule has 4 aliphatic heterocycles. The van der Waals surface area contributed by atoms with Crippen molar-refractivity contribution in [3.05, 3.63) is 111 Å². The summed E-state index contributed by atoms with van der Waals surface area (Å²) in [5.74, 6) is -0.787. The molecule has 1 N–H and O–H groups in total. The first-order chi connectivity index (χ1) is 29.8. The number of aryl methyl sites for hydroxylation is 1. The molecule has 4 aliphatic rings. The van der Waals surface area contributed by atoms with Gasteiger partial charge >= 0.3 is 0 Å². The predicted molar refractivity (Wildman–Crippen MR) is 236 cm³/mol. The smallest absolute Gasteiger partial charge is 0.262 e. The molecule has 8 rings (SSSR count). The third-order valence-electron chi connectivity index (χ3n) is 12.6. The van der Waals surface area contributed by atoms with E-state index in [1.807, 2.05) is 29.2 Å². The van der Waals surface area contributed by atoms with Gasteiger partial charge < -0.3 is 19.1 Å². The maximum absolute atomic E-state index is 13.5. The van der Waals surface area contributed by atoms with Crippen LogP contribution in [0.1, 0.15) is 81.0 Å². The number of hydrogen-bond donors (Lipinski definition) is 1. The largest absolute Gasteiger partial charge is 0.496 e. The van der Waals surface area contributed by atoms with Gasteiger partial charge in [-0.1, -0.05) is 54.1 Å². The zero-order valence-corrected chi connectivity index (χ0v) is 36.9. The number of carbonyl (C=O) groups excluding carboxylic acids is 5. The Hall–Kier alpha value is -5.43. The summed E-state index contributed by atoms with van der Waals surface area (Å²) in [6.07, 6.45) is 5.18. The number of piperidine rings is 2. The number of nitrogens with one attached hydrogen (secondary N) is 1. The Kier molecular flexibility index (Phi) is 12.6. The molecule has 0 spiro atoms. The van der Waals surface area contributed by atoms with Crippen molar-refractivity contribution in [2.24, 2.45) is 0 Å². The van der Waals surface area contributed by atoms with E-state index in [9.17, 15) is 28.5 Å². The Balaban J connectivity index is 0.820. The number of benzene rings is 3. The zero-order valence-electron chi connectivity index (χ0n) is 35.3. The number of halogens is 1. The van der Waals surface area contributed by atoms with Gasteiger partial charge in [-0.2, -0.15) is 0 Å². The van der Waals surface area contributed by atoms with E-state index in [4.69, 9.17) is 21.3 Å². The van der Waals surface area contributed by atoms with Crippen molar-refractivity contribution in [1.29, 1.82) is 0 Å². The molecule has 0 radical (unpaired) electrons. The number of piperazine rings is 1. The SMILES string of the molecule is COc1cc(N2CCC(N3CCN(C(=O)CCc4cccc5c4C(=O)N(C4CCC(=O)NC4=O)C5=O)CC3)CC2)ccc1Cc1ncc(Cl)c(Cc2ccccc2P(C)(C)=O)n1. The van der Waals surface area contributed by atoms with Crippen LogP contribution in [0.25, 0.3) is 0 Å². The van der Waals surface area contributed by atoms with Gasteiger partial charge in [-0.05, 0) is 62.3 Å². The van der Waals surface area contributed by atoms with Gasteiger partial charge in [0.1, 0.15) is 24.8 Å². The monoisotopic (exact) mass is 879 g/mol. The molecule has 0 aliphatic carbocycles. The highest BCUT2D eigenvalue weighted by atomic mass is 35.5. The molecule has 0 bridgehead atoms. The molecule has 5 amide bonds. The average molecular weight is 880 g/mol. The van der Waals surface area contributed by atoms with Crippen LogP contribution in [0.3, 0.4) is 0 Å². The number of imide groups is 2. The lowest BCUT2D eigenvalue weighted by atomic mass is 9.98. The molecule has 324 valence electrons. The summed E-state index contributed by atoms with van der Waals surface area (Å²) < 4.78 is 18.8. The third-order valence-corrected chi connectivity index (χ3v) is 14.5. The van der Waals surface area contributed by atoms with Crippen LogP contribution in [0.5, 0.6) is 5.75 Å². The molecule has 16 heteroatoms. The minimum absolute atomic E-state index is 0.00290. The van der Waals surface area contributed by atoms with E-state index in [-0.39, 0.29) is 36.3 Å². The number of fused-ring (bicyclic) bond motifs is 1. The minimum Gasteiger partial charge on any atom is -0.496 e. The molecule has 3 fully saturated rings. The number of aromatic nitrogens is 2. The molecule has 3 aromatic carbocycles. The first-order valence-electron chi connectivity index (χ1n) is 21.2. The summed E-state index contributed by atoms with van der Waals surface area (Å²) in [5, 5.41) is 3.53. The molecular weight excluding hydrogens is 829 g/mol. The van der Waals surface area contributed by atoms with Gasteiger partial charge in [0.05, 0.1) is 29.0 Å². The van der Waals surface area contributed by atoms with Gasteiger partial charge in [0.2, 0.25) is 17.7 Å². The normalized spacial score (nSPS) is 18.9. The molecule has 0 saturated carbocycles. The summed E-state index contributed by atoms with van der Waals surface area (Å²) in [4.78, 5) is 81.4. The van der Waals surface area contributed by atoms with Crippen molar-refractivity contribution in [1.82, 2.24) is 30.0 Å². The Morgan fingerprint density at radius 1 is 0.871 bits per heavy atom. The molecule has 1 unspecified atom stereocenters. The first-order valence-corrected chi connectivity index (χ1v) is 24.2. The number of hydrogen-bond acceptors (Lipinski definition) is 11. The van der Waals surface area contributed by atoms with Crippen molar-refractivity contribution < 1.29 is 33.3 Å². The van der Waals surface area contributed by atoms with Crippen LogP contribution < -0.4 is 20.3 Å². The zero-order chi connectivity index (χ0) is 43.7. The number of amides is 5. The quantitative estimate of drug-likeness (QED) is 0.155. The fourth-order valence-electron chi connectivity index (χ4n) is 9.28. The number of rotatable bonds is 12. The van der Waals surface area contributed by atoms with Crippen molar-refractivity contribution >= 4 is 59.3 Å². The number of methoxy groups -OCH3 is 1. The standard InChI is InChI=1S/C46H51ClN7O7P/c1-61-38-27-33(13-11-30(38)26-40-48-28-35(47)36(49-40)25-31-7-4-5-10-39(31)62(2,3)60)51-19-17-32(18-20-51)52-21-23-53(24-22-52)42(56)16-12-29-8-6-9-34-43(29)46(59)54(45(34)58)37-14-15-41(55)50-44(37)57/h4-11,13,27-28,32,37H,12,14-26H2,1-3H3,(H,50,55,57). The van der Waals surface area contributed by atoms with E-state index in [2.05, 4.69) is 38.3 Å². The Morgan fingerprint density at radius 2 is 1.61 bits per heavy atom. The Morgan fingerprint density at radius 3 is 2.34 bits per heavy atom. The van der Waals surface area contributed by atoms with Crippen LogP contribution in [-0.4, -0.2) is 126 Å². The number of nitrogens with zero attached hydrogens (tertiary/aromatic N) is 6. The van der Waals surface area contributed by atoms with Crippen molar-refractivity contribution in [2.75, 3.05) is 64.6 Å². The molecule has 1 atom stereocenters. The Bertz CT molecular complexity index is 2480. The van der Waals surface area contributed by atoms with Gasteiger partial charge in [0.25, 0.3) is 11.8 Å². The molecule has 14 nitrogen and oxygen atoms in total. The summed E-state index contributed by atoms with van der Waals surface area (Å²) in [6, 6.07) is 18.4. The van der Waals surface area contributed by atoms with Crippen molar-refractivity contribution in [3.8, 4) is 5.75 Å². The summed E-state index contributed by atoms with van der Waals surface area (Å²) in [6.45, 7) is 8.14. The second kappa shape index (κ2) is 18.1. The van der Waals surface area contributed by atoms with E-state index < -0.39 is 36.8 Å². The molecule has 3 saturated heterocycles. The van der Waals surface area contributed by atoms with Gasteiger partial charge in [-0.15, -0.1) is 0 Å². The molecular formula is C46H51ClN7O7P. The second-order valence-corrected chi connectivity index (χ2v) is 20.4. The number of ether oxygens (including phenoxy) is 1. The van der Waals surface area contributed by atoms with Gasteiger partial charge in [0.15, 0.2) is 0 Å². The minimum atomic E-state index is -2.49. The van der Waals surface area contributed by atoms with Crippen LogP contribution in [0.15, 0.2) is 66.9 Å². The fourth-order valence-corrected chi connectivity index (χ4v) is 10.7. The van der Waals surface area contributed by atoms with Crippen LogP contribution in [0.4, 0.5) is 5.69 Å². The number of anilines is 1. The lowest BCUT2D eigenvalue weighted by Gasteiger charge is -2.43. The van der Waals surface area contributed by atoms with Crippen LogP contribution in [0, 0.1) is 0 Å². The summed E-state index contributed by atoms with van der Waals surface area (Å²) in [5.41, 5.74) is 4.76.